The van der Waals surface area contributed by atoms with Gasteiger partial charge in [0.15, 0.2) is 0 Å². The van der Waals surface area contributed by atoms with Crippen LogP contribution >= 0.6 is 0 Å². The normalized spacial score (nSPS) is 13.9. The summed E-state index contributed by atoms with van der Waals surface area (Å²) in [7, 11) is 0. The Morgan fingerprint density at radius 3 is 2.94 bits per heavy atom. The van der Waals surface area contributed by atoms with Crippen LogP contribution in [0.4, 0.5) is 0 Å². The summed E-state index contributed by atoms with van der Waals surface area (Å²) >= 11 is 0. The molecule has 0 aliphatic rings. The van der Waals surface area contributed by atoms with Crippen molar-refractivity contribution in [2.75, 3.05) is 6.54 Å². The zero-order chi connectivity index (χ0) is 13.4. The highest BCUT2D eigenvalue weighted by Gasteiger charge is 2.15. The predicted octanol–water partition coefficient (Wildman–Crippen LogP) is 0.690. The first-order chi connectivity index (χ1) is 8.65. The fraction of sp³-hybridized carbons (Fsp3) is 0.538. The van der Waals surface area contributed by atoms with Crippen LogP contribution in [0.1, 0.15) is 36.7 Å². The maximum Gasteiger partial charge on any atom is 0.269 e. The molecule has 5 heteroatoms. The number of carbonyl (C=O) groups excluding carboxylic acids is 1. The zero-order valence-electron chi connectivity index (χ0n) is 10.7. The van der Waals surface area contributed by atoms with Gasteiger partial charge in [-0.25, -0.2) is 0 Å². The molecule has 0 aliphatic carbocycles. The summed E-state index contributed by atoms with van der Waals surface area (Å²) in [6.07, 6.45) is 3.62. The van der Waals surface area contributed by atoms with Gasteiger partial charge in [0.05, 0.1) is 6.10 Å². The minimum absolute atomic E-state index is 0.153. The van der Waals surface area contributed by atoms with Gasteiger partial charge in [-0.15, -0.1) is 0 Å². The molecule has 0 bridgehead atoms. The SMILES string of the molecule is CCCC[C@H](N)[C@H](O)CNC(=O)c1ccccn1. The van der Waals surface area contributed by atoms with Crippen LogP contribution in [0.25, 0.3) is 0 Å². The number of carbonyl (C=O) groups is 1. The second kappa shape index (κ2) is 7.79. The molecule has 0 saturated carbocycles. The van der Waals surface area contributed by atoms with Crippen molar-refractivity contribution in [3.63, 3.8) is 0 Å². The summed E-state index contributed by atoms with van der Waals surface area (Å²) in [5, 5.41) is 12.4. The molecule has 0 aromatic carbocycles. The number of aliphatic hydroxyl groups excluding tert-OH is 1. The van der Waals surface area contributed by atoms with Gasteiger partial charge in [-0.05, 0) is 18.6 Å². The summed E-state index contributed by atoms with van der Waals surface area (Å²) in [4.78, 5) is 15.6. The van der Waals surface area contributed by atoms with E-state index in [0.717, 1.165) is 19.3 Å². The molecule has 5 nitrogen and oxygen atoms in total. The Bertz CT molecular complexity index is 357. The number of hydrogen-bond donors (Lipinski definition) is 3. The molecule has 0 fully saturated rings. The Balaban J connectivity index is 2.34. The third-order valence-corrected chi connectivity index (χ3v) is 2.75. The number of nitrogens with one attached hydrogen (secondary N) is 1. The Morgan fingerprint density at radius 2 is 2.33 bits per heavy atom. The van der Waals surface area contributed by atoms with Gasteiger partial charge in [0.25, 0.3) is 5.91 Å². The van der Waals surface area contributed by atoms with E-state index in [1.54, 1.807) is 24.4 Å². The van der Waals surface area contributed by atoms with Gasteiger partial charge in [0.2, 0.25) is 0 Å². The highest BCUT2D eigenvalue weighted by Crippen LogP contribution is 2.02. The van der Waals surface area contributed by atoms with Gasteiger partial charge < -0.3 is 16.2 Å². The smallest absolute Gasteiger partial charge is 0.269 e. The topological polar surface area (TPSA) is 88.2 Å². The first-order valence-corrected chi connectivity index (χ1v) is 6.28. The monoisotopic (exact) mass is 251 g/mol. The molecule has 0 unspecified atom stereocenters. The van der Waals surface area contributed by atoms with Gasteiger partial charge >= 0.3 is 0 Å². The maximum atomic E-state index is 11.7. The second-order valence-corrected chi connectivity index (χ2v) is 4.30. The lowest BCUT2D eigenvalue weighted by Crippen LogP contribution is -2.43. The van der Waals surface area contributed by atoms with E-state index in [2.05, 4.69) is 17.2 Å². The van der Waals surface area contributed by atoms with Crippen molar-refractivity contribution in [3.05, 3.63) is 30.1 Å². The molecule has 1 aromatic heterocycles. The van der Waals surface area contributed by atoms with E-state index in [9.17, 15) is 9.90 Å². The fourth-order valence-electron chi connectivity index (χ4n) is 1.57. The van der Waals surface area contributed by atoms with Gasteiger partial charge in [-0.3, -0.25) is 9.78 Å². The number of aromatic nitrogens is 1. The lowest BCUT2D eigenvalue weighted by Gasteiger charge is -2.18. The number of hydrogen-bond acceptors (Lipinski definition) is 4. The van der Waals surface area contributed by atoms with Crippen molar-refractivity contribution in [2.45, 2.75) is 38.3 Å². The van der Waals surface area contributed by atoms with Crippen molar-refractivity contribution < 1.29 is 9.90 Å². The molecule has 18 heavy (non-hydrogen) atoms. The van der Waals surface area contributed by atoms with Crippen molar-refractivity contribution in [3.8, 4) is 0 Å². The molecule has 1 heterocycles. The van der Waals surface area contributed by atoms with Crippen molar-refractivity contribution in [1.82, 2.24) is 10.3 Å². The highest BCUT2D eigenvalue weighted by molar-refractivity contribution is 5.92. The molecule has 1 rings (SSSR count). The van der Waals surface area contributed by atoms with Crippen molar-refractivity contribution in [1.29, 1.82) is 0 Å². The van der Waals surface area contributed by atoms with Crippen LogP contribution < -0.4 is 11.1 Å². The molecular weight excluding hydrogens is 230 g/mol. The predicted molar refractivity (Wildman–Crippen MR) is 70.1 cm³/mol. The molecule has 0 spiro atoms. The molecule has 1 aromatic rings. The number of unbranched alkanes of at least 4 members (excludes halogenated alkanes) is 1. The number of nitrogens with two attached hydrogens (primary N) is 1. The molecule has 2 atom stereocenters. The van der Waals surface area contributed by atoms with E-state index in [1.807, 2.05) is 0 Å². The number of nitrogens with zero attached hydrogens (tertiary/aromatic N) is 1. The molecule has 1 amide bonds. The summed E-state index contributed by atoms with van der Waals surface area (Å²) in [6, 6.07) is 4.81. The average Bonchev–Trinajstić information content (AvgIpc) is 2.42. The molecule has 0 saturated heterocycles. The Kier molecular flexibility index (Phi) is 6.32. The van der Waals surface area contributed by atoms with Crippen LogP contribution in [0, 0.1) is 0 Å². The van der Waals surface area contributed by atoms with Crippen LogP contribution in [-0.4, -0.2) is 34.7 Å². The van der Waals surface area contributed by atoms with Gasteiger partial charge in [-0.2, -0.15) is 0 Å². The summed E-state index contributed by atoms with van der Waals surface area (Å²) in [5.41, 5.74) is 6.15. The standard InChI is InChI=1S/C13H21N3O2/c1-2-3-6-10(14)12(17)9-16-13(18)11-7-4-5-8-15-11/h4-5,7-8,10,12,17H,2-3,6,9,14H2,1H3,(H,16,18)/t10-,12+/m0/s1. The maximum absolute atomic E-state index is 11.7. The number of amides is 1. The quantitative estimate of drug-likeness (QED) is 0.665. The molecule has 4 N–H and O–H groups in total. The van der Waals surface area contributed by atoms with E-state index in [0.29, 0.717) is 5.69 Å². The average molecular weight is 251 g/mol. The molecule has 0 radical (unpaired) electrons. The van der Waals surface area contributed by atoms with Crippen LogP contribution in [-0.2, 0) is 0 Å². The Morgan fingerprint density at radius 1 is 1.56 bits per heavy atom. The van der Waals surface area contributed by atoms with Gasteiger partial charge in [0.1, 0.15) is 5.69 Å². The van der Waals surface area contributed by atoms with Crippen LogP contribution in [0.3, 0.4) is 0 Å². The first kappa shape index (κ1) is 14.6. The first-order valence-electron chi connectivity index (χ1n) is 6.28. The van der Waals surface area contributed by atoms with E-state index in [1.165, 1.54) is 0 Å². The number of pyridine rings is 1. The van der Waals surface area contributed by atoms with E-state index in [4.69, 9.17) is 5.73 Å². The van der Waals surface area contributed by atoms with E-state index >= 15 is 0 Å². The van der Waals surface area contributed by atoms with Crippen molar-refractivity contribution >= 4 is 5.91 Å². The molecular formula is C13H21N3O2. The highest BCUT2D eigenvalue weighted by atomic mass is 16.3. The number of aliphatic hydroxyl groups is 1. The summed E-state index contributed by atoms with van der Waals surface area (Å²) in [6.45, 7) is 2.22. The van der Waals surface area contributed by atoms with Crippen LogP contribution in [0.5, 0.6) is 0 Å². The third-order valence-electron chi connectivity index (χ3n) is 2.75. The van der Waals surface area contributed by atoms with Gasteiger partial charge in [-0.1, -0.05) is 25.8 Å². The summed E-state index contributed by atoms with van der Waals surface area (Å²) < 4.78 is 0. The van der Waals surface area contributed by atoms with Crippen molar-refractivity contribution in [2.24, 2.45) is 5.73 Å². The minimum Gasteiger partial charge on any atom is -0.390 e. The second-order valence-electron chi connectivity index (χ2n) is 4.30. The lowest BCUT2D eigenvalue weighted by molar-refractivity contribution is 0.0887. The minimum atomic E-state index is -0.718. The molecule has 100 valence electrons. The van der Waals surface area contributed by atoms with Crippen LogP contribution in [0.2, 0.25) is 0 Å². The molecule has 0 aliphatic heterocycles. The Labute approximate surface area is 107 Å². The summed E-state index contributed by atoms with van der Waals surface area (Å²) in [5.74, 6) is -0.294. The van der Waals surface area contributed by atoms with E-state index in [-0.39, 0.29) is 18.5 Å². The van der Waals surface area contributed by atoms with Crippen LogP contribution in [0.15, 0.2) is 24.4 Å². The lowest BCUT2D eigenvalue weighted by atomic mass is 10.1. The fourth-order valence-corrected chi connectivity index (χ4v) is 1.57. The Hall–Kier alpha value is -1.46. The third kappa shape index (κ3) is 4.81. The van der Waals surface area contributed by atoms with Gasteiger partial charge in [0, 0.05) is 18.8 Å². The zero-order valence-corrected chi connectivity index (χ0v) is 10.7. The van der Waals surface area contributed by atoms with E-state index < -0.39 is 6.10 Å². The largest absolute Gasteiger partial charge is 0.390 e. The number of rotatable bonds is 7.